The van der Waals surface area contributed by atoms with Crippen LogP contribution in [0.1, 0.15) is 10.5 Å². The van der Waals surface area contributed by atoms with Gasteiger partial charge in [-0.15, -0.1) is 0 Å². The highest BCUT2D eigenvalue weighted by atomic mass is 16.5. The molecule has 7 nitrogen and oxygen atoms in total. The van der Waals surface area contributed by atoms with Crippen molar-refractivity contribution >= 4 is 11.8 Å². The summed E-state index contributed by atoms with van der Waals surface area (Å²) in [5, 5.41) is 17.9. The van der Waals surface area contributed by atoms with Gasteiger partial charge in [0.15, 0.2) is 5.69 Å². The highest BCUT2D eigenvalue weighted by Gasteiger charge is 2.23. The average Bonchev–Trinajstić information content (AvgIpc) is 2.39. The molecule has 0 radical (unpaired) electrons. The zero-order valence-corrected chi connectivity index (χ0v) is 9.11. The predicted molar refractivity (Wildman–Crippen MR) is 58.0 cm³/mol. The molecule has 1 atom stereocenters. The highest BCUT2D eigenvalue weighted by Crippen LogP contribution is 2.15. The van der Waals surface area contributed by atoms with Crippen molar-refractivity contribution in [3.63, 3.8) is 0 Å². The van der Waals surface area contributed by atoms with Crippen molar-refractivity contribution in [3.8, 4) is 0 Å². The van der Waals surface area contributed by atoms with Gasteiger partial charge in [0.05, 0.1) is 38.3 Å². The Morgan fingerprint density at radius 3 is 2.94 bits per heavy atom. The third-order valence-corrected chi connectivity index (χ3v) is 2.59. The highest BCUT2D eigenvalue weighted by molar-refractivity contribution is 5.84. The summed E-state index contributed by atoms with van der Waals surface area (Å²) >= 11 is 0. The quantitative estimate of drug-likeness (QED) is 0.725. The molecule has 92 valence electrons. The number of nitrogens with zero attached hydrogens (tertiary/aromatic N) is 3. The summed E-state index contributed by atoms with van der Waals surface area (Å²) in [5.41, 5.74) is -0.0949. The summed E-state index contributed by atoms with van der Waals surface area (Å²) < 4.78 is 5.24. The van der Waals surface area contributed by atoms with E-state index in [-0.39, 0.29) is 18.3 Å². The standard InChI is InChI=1S/C10H13N3O4/c14-5-7-6-17-2-1-13(7)9-4-11-8(3-12-9)10(15)16/h3-4,7,14H,1-2,5-6H2,(H,15,16). The van der Waals surface area contributed by atoms with Crippen molar-refractivity contribution in [1.29, 1.82) is 0 Å². The fourth-order valence-electron chi connectivity index (χ4n) is 1.69. The van der Waals surface area contributed by atoms with Gasteiger partial charge < -0.3 is 19.8 Å². The summed E-state index contributed by atoms with van der Waals surface area (Å²) in [6.07, 6.45) is 2.61. The molecule has 17 heavy (non-hydrogen) atoms. The van der Waals surface area contributed by atoms with E-state index in [9.17, 15) is 9.90 Å². The number of carboxylic acids is 1. The lowest BCUT2D eigenvalue weighted by Gasteiger charge is -2.35. The number of aliphatic hydroxyl groups is 1. The van der Waals surface area contributed by atoms with E-state index in [1.807, 2.05) is 4.90 Å². The van der Waals surface area contributed by atoms with Crippen LogP contribution in [-0.2, 0) is 4.74 Å². The number of hydrogen-bond donors (Lipinski definition) is 2. The Morgan fingerprint density at radius 2 is 2.35 bits per heavy atom. The number of hydrogen-bond acceptors (Lipinski definition) is 6. The molecule has 1 saturated heterocycles. The van der Waals surface area contributed by atoms with Crippen molar-refractivity contribution in [2.75, 3.05) is 31.3 Å². The molecule has 0 aliphatic carbocycles. The first-order valence-electron chi connectivity index (χ1n) is 5.23. The van der Waals surface area contributed by atoms with Crippen LogP contribution < -0.4 is 4.90 Å². The molecule has 0 saturated carbocycles. The lowest BCUT2D eigenvalue weighted by molar-refractivity contribution is 0.0686. The van der Waals surface area contributed by atoms with Crippen LogP contribution in [0, 0.1) is 0 Å². The number of carbonyl (C=O) groups is 1. The smallest absolute Gasteiger partial charge is 0.356 e. The minimum absolute atomic E-state index is 0.0393. The molecule has 1 unspecified atom stereocenters. The van der Waals surface area contributed by atoms with Gasteiger partial charge in [0.2, 0.25) is 0 Å². The molecule has 1 aliphatic rings. The van der Waals surface area contributed by atoms with E-state index in [0.29, 0.717) is 25.6 Å². The molecule has 0 spiro atoms. The first kappa shape index (κ1) is 11.7. The SMILES string of the molecule is O=C(O)c1cnc(N2CCOCC2CO)cn1. The van der Waals surface area contributed by atoms with E-state index in [2.05, 4.69) is 9.97 Å². The van der Waals surface area contributed by atoms with E-state index in [0.717, 1.165) is 0 Å². The number of anilines is 1. The van der Waals surface area contributed by atoms with Crippen LogP contribution in [0.3, 0.4) is 0 Å². The molecule has 1 aromatic heterocycles. The van der Waals surface area contributed by atoms with E-state index >= 15 is 0 Å². The minimum Gasteiger partial charge on any atom is -0.476 e. The van der Waals surface area contributed by atoms with Crippen molar-refractivity contribution in [2.45, 2.75) is 6.04 Å². The van der Waals surface area contributed by atoms with Gasteiger partial charge in [0.25, 0.3) is 0 Å². The Morgan fingerprint density at radius 1 is 1.53 bits per heavy atom. The van der Waals surface area contributed by atoms with Crippen molar-refractivity contribution in [1.82, 2.24) is 9.97 Å². The molecular weight excluding hydrogens is 226 g/mol. The van der Waals surface area contributed by atoms with Gasteiger partial charge in [-0.1, -0.05) is 0 Å². The normalized spacial score (nSPS) is 20.3. The van der Waals surface area contributed by atoms with Crippen LogP contribution in [0.25, 0.3) is 0 Å². The van der Waals surface area contributed by atoms with Gasteiger partial charge in [-0.2, -0.15) is 0 Å². The van der Waals surface area contributed by atoms with E-state index < -0.39 is 5.97 Å². The van der Waals surface area contributed by atoms with Crippen LogP contribution in [0.2, 0.25) is 0 Å². The van der Waals surface area contributed by atoms with Crippen LogP contribution in [-0.4, -0.2) is 58.6 Å². The molecule has 0 bridgehead atoms. The van der Waals surface area contributed by atoms with E-state index in [4.69, 9.17) is 9.84 Å². The second-order valence-corrected chi connectivity index (χ2v) is 3.67. The van der Waals surface area contributed by atoms with Crippen LogP contribution in [0.5, 0.6) is 0 Å². The number of ether oxygens (including phenoxy) is 1. The fraction of sp³-hybridized carbons (Fsp3) is 0.500. The number of aromatic carboxylic acids is 1. The molecule has 1 aliphatic heterocycles. The zero-order chi connectivity index (χ0) is 12.3. The molecule has 2 heterocycles. The number of morpholine rings is 1. The van der Waals surface area contributed by atoms with Crippen LogP contribution >= 0.6 is 0 Å². The van der Waals surface area contributed by atoms with Crippen molar-refractivity contribution in [2.24, 2.45) is 0 Å². The summed E-state index contributed by atoms with van der Waals surface area (Å²) in [4.78, 5) is 20.3. The second kappa shape index (κ2) is 5.07. The van der Waals surface area contributed by atoms with Crippen molar-refractivity contribution < 1.29 is 19.7 Å². The van der Waals surface area contributed by atoms with Gasteiger partial charge in [-0.3, -0.25) is 0 Å². The number of aliphatic hydroxyl groups excluding tert-OH is 1. The molecular formula is C10H13N3O4. The number of aromatic nitrogens is 2. The maximum atomic E-state index is 10.6. The summed E-state index contributed by atoms with van der Waals surface area (Å²) in [7, 11) is 0. The maximum Gasteiger partial charge on any atom is 0.356 e. The lowest BCUT2D eigenvalue weighted by Crippen LogP contribution is -2.48. The van der Waals surface area contributed by atoms with Gasteiger partial charge >= 0.3 is 5.97 Å². The van der Waals surface area contributed by atoms with Gasteiger partial charge in [-0.05, 0) is 0 Å². The summed E-state index contributed by atoms with van der Waals surface area (Å²) in [5.74, 6) is -0.554. The minimum atomic E-state index is -1.11. The van der Waals surface area contributed by atoms with Gasteiger partial charge in [0.1, 0.15) is 5.82 Å². The Hall–Kier alpha value is -1.73. The summed E-state index contributed by atoms with van der Waals surface area (Å²) in [6, 6.07) is -0.159. The Labute approximate surface area is 97.7 Å². The Bertz CT molecular complexity index is 395. The first-order valence-corrected chi connectivity index (χ1v) is 5.23. The van der Waals surface area contributed by atoms with Crippen LogP contribution in [0.4, 0.5) is 5.82 Å². The molecule has 7 heteroatoms. The molecule has 0 amide bonds. The summed E-state index contributed by atoms with van der Waals surface area (Å²) in [6.45, 7) is 1.55. The first-order chi connectivity index (χ1) is 8.22. The Kier molecular flexibility index (Phi) is 3.50. The van der Waals surface area contributed by atoms with E-state index in [1.165, 1.54) is 12.4 Å². The number of carboxylic acid groups (broad SMARTS) is 1. The van der Waals surface area contributed by atoms with Gasteiger partial charge in [-0.25, -0.2) is 14.8 Å². The fourth-order valence-corrected chi connectivity index (χ4v) is 1.69. The topological polar surface area (TPSA) is 95.8 Å². The number of rotatable bonds is 3. The van der Waals surface area contributed by atoms with E-state index in [1.54, 1.807) is 0 Å². The maximum absolute atomic E-state index is 10.6. The third-order valence-electron chi connectivity index (χ3n) is 2.59. The molecule has 2 N–H and O–H groups in total. The molecule has 2 rings (SSSR count). The molecule has 0 aromatic carbocycles. The van der Waals surface area contributed by atoms with Crippen LogP contribution in [0.15, 0.2) is 12.4 Å². The van der Waals surface area contributed by atoms with Gasteiger partial charge in [0, 0.05) is 6.54 Å². The largest absolute Gasteiger partial charge is 0.476 e. The molecule has 1 fully saturated rings. The second-order valence-electron chi connectivity index (χ2n) is 3.67. The monoisotopic (exact) mass is 239 g/mol. The average molecular weight is 239 g/mol. The zero-order valence-electron chi connectivity index (χ0n) is 9.11. The predicted octanol–water partition coefficient (Wildman–Crippen LogP) is -0.628. The third kappa shape index (κ3) is 2.51. The molecule has 1 aromatic rings. The lowest BCUT2D eigenvalue weighted by atomic mass is 10.2. The Balaban J connectivity index is 2.17. The van der Waals surface area contributed by atoms with Crippen molar-refractivity contribution in [3.05, 3.63) is 18.1 Å².